The molecule has 1 aliphatic heterocycles. The Bertz CT molecular complexity index is 228. The highest BCUT2D eigenvalue weighted by Gasteiger charge is 2.24. The molecule has 17 heavy (non-hydrogen) atoms. The Morgan fingerprint density at radius 2 is 2.00 bits per heavy atom. The van der Waals surface area contributed by atoms with Crippen LogP contribution >= 0.6 is 24.0 Å². The Hall–Kier alpha value is 0.160. The Morgan fingerprint density at radius 3 is 2.47 bits per heavy atom. The SMILES string of the molecule is CCCC(C(N)=S)N1CCN(CCSC)CC1. The number of piperazine rings is 1. The van der Waals surface area contributed by atoms with Gasteiger partial charge in [0.1, 0.15) is 0 Å². The highest BCUT2D eigenvalue weighted by molar-refractivity contribution is 7.98. The number of rotatable bonds is 7. The largest absolute Gasteiger partial charge is 0.392 e. The summed E-state index contributed by atoms with van der Waals surface area (Å²) in [5.41, 5.74) is 5.84. The van der Waals surface area contributed by atoms with Gasteiger partial charge in [-0.2, -0.15) is 11.8 Å². The van der Waals surface area contributed by atoms with Gasteiger partial charge < -0.3 is 5.73 Å². The summed E-state index contributed by atoms with van der Waals surface area (Å²) in [4.78, 5) is 5.67. The van der Waals surface area contributed by atoms with Gasteiger partial charge in [-0.05, 0) is 12.7 Å². The second kappa shape index (κ2) is 8.29. The monoisotopic (exact) mass is 275 g/mol. The van der Waals surface area contributed by atoms with E-state index in [4.69, 9.17) is 18.0 Å². The molecule has 0 saturated carbocycles. The molecule has 0 aromatic heterocycles. The average molecular weight is 275 g/mol. The van der Waals surface area contributed by atoms with Crippen LogP contribution in [0.2, 0.25) is 0 Å². The van der Waals surface area contributed by atoms with E-state index in [9.17, 15) is 0 Å². The average Bonchev–Trinajstić information content (AvgIpc) is 2.34. The van der Waals surface area contributed by atoms with E-state index in [0.717, 1.165) is 39.0 Å². The van der Waals surface area contributed by atoms with Crippen LogP contribution < -0.4 is 5.73 Å². The van der Waals surface area contributed by atoms with Crippen molar-refractivity contribution < 1.29 is 0 Å². The Kier molecular flexibility index (Phi) is 7.43. The molecule has 0 aromatic carbocycles. The van der Waals surface area contributed by atoms with Crippen molar-refractivity contribution in [2.45, 2.75) is 25.8 Å². The molecule has 1 aliphatic rings. The minimum atomic E-state index is 0.317. The maximum absolute atomic E-state index is 5.84. The first-order valence-electron chi connectivity index (χ1n) is 6.43. The third-order valence-corrected chi connectivity index (χ3v) is 4.21. The van der Waals surface area contributed by atoms with Crippen LogP contribution in [-0.4, -0.2) is 65.6 Å². The van der Waals surface area contributed by atoms with Crippen LogP contribution in [0.15, 0.2) is 0 Å². The quantitative estimate of drug-likeness (QED) is 0.711. The summed E-state index contributed by atoms with van der Waals surface area (Å²) in [5, 5.41) is 0. The zero-order valence-corrected chi connectivity index (χ0v) is 12.7. The zero-order valence-electron chi connectivity index (χ0n) is 11.0. The summed E-state index contributed by atoms with van der Waals surface area (Å²) in [6, 6.07) is 0.317. The van der Waals surface area contributed by atoms with Gasteiger partial charge in [0.05, 0.1) is 11.0 Å². The summed E-state index contributed by atoms with van der Waals surface area (Å²) < 4.78 is 0. The summed E-state index contributed by atoms with van der Waals surface area (Å²) >= 11 is 7.10. The highest BCUT2D eigenvalue weighted by atomic mass is 32.2. The topological polar surface area (TPSA) is 32.5 Å². The lowest BCUT2D eigenvalue weighted by Gasteiger charge is -2.38. The van der Waals surface area contributed by atoms with Gasteiger partial charge in [0.25, 0.3) is 0 Å². The van der Waals surface area contributed by atoms with Crippen molar-refractivity contribution in [2.75, 3.05) is 44.7 Å². The fraction of sp³-hybridized carbons (Fsp3) is 0.917. The van der Waals surface area contributed by atoms with Crippen molar-refractivity contribution in [1.82, 2.24) is 9.80 Å². The zero-order chi connectivity index (χ0) is 12.7. The lowest BCUT2D eigenvalue weighted by molar-refractivity contribution is 0.119. The molecule has 1 heterocycles. The standard InChI is InChI=1S/C12H25N3S2/c1-3-4-11(12(13)16)15-7-5-14(6-8-15)9-10-17-2/h11H,3-10H2,1-2H3,(H2,13,16). The van der Waals surface area contributed by atoms with Crippen molar-refractivity contribution in [2.24, 2.45) is 5.73 Å². The molecule has 1 atom stereocenters. The molecule has 1 rings (SSSR count). The van der Waals surface area contributed by atoms with E-state index >= 15 is 0 Å². The number of nitrogens with zero attached hydrogens (tertiary/aromatic N) is 2. The highest BCUT2D eigenvalue weighted by Crippen LogP contribution is 2.12. The number of nitrogens with two attached hydrogens (primary N) is 1. The summed E-state index contributed by atoms with van der Waals surface area (Å²) in [6.45, 7) is 7.93. The van der Waals surface area contributed by atoms with Crippen molar-refractivity contribution >= 4 is 29.0 Å². The van der Waals surface area contributed by atoms with Gasteiger partial charge in [-0.15, -0.1) is 0 Å². The summed E-state index contributed by atoms with van der Waals surface area (Å²) in [5.74, 6) is 1.23. The first kappa shape index (κ1) is 15.2. The minimum Gasteiger partial charge on any atom is -0.392 e. The van der Waals surface area contributed by atoms with Crippen LogP contribution in [-0.2, 0) is 0 Å². The molecule has 1 unspecified atom stereocenters. The minimum absolute atomic E-state index is 0.317. The van der Waals surface area contributed by atoms with Gasteiger partial charge >= 0.3 is 0 Å². The van der Waals surface area contributed by atoms with Gasteiger partial charge in [0.2, 0.25) is 0 Å². The maximum Gasteiger partial charge on any atom is 0.0902 e. The Morgan fingerprint density at radius 1 is 1.35 bits per heavy atom. The van der Waals surface area contributed by atoms with Gasteiger partial charge in [-0.3, -0.25) is 9.80 Å². The first-order chi connectivity index (χ1) is 8.19. The molecule has 0 aliphatic carbocycles. The van der Waals surface area contributed by atoms with Gasteiger partial charge in [0.15, 0.2) is 0 Å². The second-order valence-electron chi connectivity index (χ2n) is 4.58. The number of thioether (sulfide) groups is 1. The third kappa shape index (κ3) is 5.12. The molecule has 3 nitrogen and oxygen atoms in total. The smallest absolute Gasteiger partial charge is 0.0902 e. The molecule has 0 spiro atoms. The van der Waals surface area contributed by atoms with Crippen molar-refractivity contribution in [3.63, 3.8) is 0 Å². The number of hydrogen-bond donors (Lipinski definition) is 1. The Balaban J connectivity index is 2.36. The van der Waals surface area contributed by atoms with Gasteiger partial charge in [-0.1, -0.05) is 25.6 Å². The second-order valence-corrected chi connectivity index (χ2v) is 6.03. The molecule has 1 saturated heterocycles. The van der Waals surface area contributed by atoms with E-state index in [1.807, 2.05) is 11.8 Å². The van der Waals surface area contributed by atoms with Crippen molar-refractivity contribution in [1.29, 1.82) is 0 Å². The van der Waals surface area contributed by atoms with Gasteiger partial charge in [0, 0.05) is 38.5 Å². The summed E-state index contributed by atoms with van der Waals surface area (Å²) in [7, 11) is 0. The van der Waals surface area contributed by atoms with Crippen LogP contribution in [0, 0.1) is 0 Å². The van der Waals surface area contributed by atoms with E-state index in [1.54, 1.807) is 0 Å². The molecular formula is C12H25N3S2. The summed E-state index contributed by atoms with van der Waals surface area (Å²) in [6.07, 6.45) is 4.41. The predicted octanol–water partition coefficient (Wildman–Crippen LogP) is 1.42. The van der Waals surface area contributed by atoms with Crippen LogP contribution in [0.25, 0.3) is 0 Å². The van der Waals surface area contributed by atoms with Crippen LogP contribution in [0.5, 0.6) is 0 Å². The number of thiocarbonyl (C=S) groups is 1. The van der Waals surface area contributed by atoms with E-state index in [0.29, 0.717) is 11.0 Å². The van der Waals surface area contributed by atoms with E-state index < -0.39 is 0 Å². The van der Waals surface area contributed by atoms with Crippen molar-refractivity contribution in [3.05, 3.63) is 0 Å². The van der Waals surface area contributed by atoms with E-state index in [2.05, 4.69) is 23.0 Å². The molecule has 0 aromatic rings. The van der Waals surface area contributed by atoms with Gasteiger partial charge in [-0.25, -0.2) is 0 Å². The third-order valence-electron chi connectivity index (χ3n) is 3.35. The normalized spacial score (nSPS) is 20.4. The Labute approximate surface area is 115 Å². The molecular weight excluding hydrogens is 250 g/mol. The fourth-order valence-electron chi connectivity index (χ4n) is 2.30. The van der Waals surface area contributed by atoms with Crippen LogP contribution in [0.3, 0.4) is 0 Å². The maximum atomic E-state index is 5.84. The van der Waals surface area contributed by atoms with Crippen LogP contribution in [0.1, 0.15) is 19.8 Å². The lowest BCUT2D eigenvalue weighted by atomic mass is 10.1. The first-order valence-corrected chi connectivity index (χ1v) is 8.24. The molecule has 100 valence electrons. The van der Waals surface area contributed by atoms with Crippen LogP contribution in [0.4, 0.5) is 0 Å². The molecule has 0 bridgehead atoms. The molecule has 5 heteroatoms. The molecule has 0 radical (unpaired) electrons. The van der Waals surface area contributed by atoms with E-state index in [-0.39, 0.29) is 0 Å². The predicted molar refractivity (Wildman–Crippen MR) is 81.9 cm³/mol. The number of hydrogen-bond acceptors (Lipinski definition) is 4. The van der Waals surface area contributed by atoms with Crippen molar-refractivity contribution in [3.8, 4) is 0 Å². The fourth-order valence-corrected chi connectivity index (χ4v) is 3.00. The lowest BCUT2D eigenvalue weighted by Crippen LogP contribution is -2.53. The molecule has 1 fully saturated rings. The molecule has 0 amide bonds. The molecule has 2 N–H and O–H groups in total. The van der Waals surface area contributed by atoms with E-state index in [1.165, 1.54) is 12.3 Å².